The Morgan fingerprint density at radius 1 is 1.18 bits per heavy atom. The van der Waals surface area contributed by atoms with Crippen LogP contribution in [0, 0.1) is 18.6 Å². The normalized spacial score (nSPS) is 11.3. The minimum Gasteiger partial charge on any atom is -0.478 e. The third kappa shape index (κ3) is 5.06. The first-order valence-electron chi connectivity index (χ1n) is 7.63. The van der Waals surface area contributed by atoms with Crippen LogP contribution < -0.4 is 32.4 Å². The summed E-state index contributed by atoms with van der Waals surface area (Å²) in [5.41, 5.74) is 0.704. The van der Waals surface area contributed by atoms with Crippen molar-refractivity contribution in [2.24, 2.45) is 11.7 Å². The Hall–Kier alpha value is -2.96. The molecule has 12 heteroatoms. The number of alkyl halides is 3. The lowest BCUT2D eigenvalue weighted by atomic mass is 10.1. The molecule has 28 heavy (non-hydrogen) atoms. The second-order valence-electron chi connectivity index (χ2n) is 5.60. The van der Waals surface area contributed by atoms with Crippen LogP contribution in [0.5, 0.6) is 5.75 Å². The summed E-state index contributed by atoms with van der Waals surface area (Å²) in [6, 6.07) is 4.78. The summed E-state index contributed by atoms with van der Waals surface area (Å²) in [4.78, 5) is 11.9. The van der Waals surface area contributed by atoms with Crippen molar-refractivity contribution >= 4 is 17.3 Å². The maximum atomic E-state index is 13.9. The minimum absolute atomic E-state index is 0.0214. The largest absolute Gasteiger partial charge is 0.478 e. The molecule has 7 nitrogen and oxygen atoms in total. The number of anilines is 2. The van der Waals surface area contributed by atoms with E-state index >= 15 is 0 Å². The van der Waals surface area contributed by atoms with Gasteiger partial charge in [0.05, 0.1) is 11.3 Å². The Morgan fingerprint density at radius 2 is 1.79 bits per heavy atom. The molecule has 0 heterocycles. The van der Waals surface area contributed by atoms with Gasteiger partial charge in [-0.25, -0.2) is 19.7 Å². The summed E-state index contributed by atoms with van der Waals surface area (Å²) in [6.07, 6.45) is -4.59. The molecule has 2 rings (SSSR count). The Labute approximate surface area is 156 Å². The van der Waals surface area contributed by atoms with Gasteiger partial charge in [-0.15, -0.1) is 0 Å². The molecule has 2 aromatic carbocycles. The molecule has 1 amide bonds. The van der Waals surface area contributed by atoms with Crippen LogP contribution in [-0.2, 0) is 11.0 Å². The van der Waals surface area contributed by atoms with Gasteiger partial charge in [0.15, 0.2) is 24.0 Å². The molecule has 0 atom stereocenters. The highest BCUT2D eigenvalue weighted by atomic mass is 19.4. The molecule has 0 spiro atoms. The van der Waals surface area contributed by atoms with E-state index in [1.165, 1.54) is 19.1 Å². The van der Waals surface area contributed by atoms with Crippen molar-refractivity contribution < 1.29 is 31.5 Å². The van der Waals surface area contributed by atoms with E-state index in [-0.39, 0.29) is 16.9 Å². The molecular weight excluding hydrogens is 389 g/mol. The second-order valence-corrected chi connectivity index (χ2v) is 5.60. The van der Waals surface area contributed by atoms with E-state index in [9.17, 15) is 26.7 Å². The number of hydrazine groups is 3. The van der Waals surface area contributed by atoms with Crippen LogP contribution in [0.15, 0.2) is 30.3 Å². The SMILES string of the molecule is Cc1ccc(NC(=O)COc2c(F)cc(N(N)NN)cc2F)cc1C(F)(F)F. The van der Waals surface area contributed by atoms with Crippen LogP contribution >= 0.6 is 0 Å². The average molecular weight is 405 g/mol. The third-order valence-corrected chi connectivity index (χ3v) is 3.57. The number of carbonyl (C=O) groups is 1. The molecule has 2 aromatic rings. The summed E-state index contributed by atoms with van der Waals surface area (Å²) >= 11 is 0. The predicted molar refractivity (Wildman–Crippen MR) is 90.7 cm³/mol. The number of carbonyl (C=O) groups excluding carboxylic acids is 1. The molecule has 6 N–H and O–H groups in total. The number of halogens is 5. The van der Waals surface area contributed by atoms with Gasteiger partial charge in [-0.2, -0.15) is 18.7 Å². The Kier molecular flexibility index (Phi) is 6.38. The number of aryl methyl sites for hydroxylation is 1. The van der Waals surface area contributed by atoms with E-state index in [1.54, 1.807) is 0 Å². The maximum Gasteiger partial charge on any atom is 0.416 e. The van der Waals surface area contributed by atoms with Crippen LogP contribution in [-0.4, -0.2) is 12.5 Å². The second kappa shape index (κ2) is 8.37. The molecule has 0 fully saturated rings. The number of hydrogen-bond acceptors (Lipinski definition) is 6. The lowest BCUT2D eigenvalue weighted by molar-refractivity contribution is -0.138. The van der Waals surface area contributed by atoms with Crippen LogP contribution in [0.2, 0.25) is 0 Å². The highest BCUT2D eigenvalue weighted by molar-refractivity contribution is 5.92. The van der Waals surface area contributed by atoms with E-state index in [0.29, 0.717) is 5.12 Å². The van der Waals surface area contributed by atoms with Crippen molar-refractivity contribution in [1.29, 1.82) is 0 Å². The Balaban J connectivity index is 2.07. The van der Waals surface area contributed by atoms with E-state index in [4.69, 9.17) is 16.4 Å². The zero-order valence-electron chi connectivity index (χ0n) is 14.4. The van der Waals surface area contributed by atoms with Gasteiger partial charge in [0.25, 0.3) is 5.91 Å². The van der Waals surface area contributed by atoms with Crippen LogP contribution in [0.3, 0.4) is 0 Å². The molecular formula is C16H16F5N5O2. The van der Waals surface area contributed by atoms with Gasteiger partial charge in [-0.3, -0.25) is 10.6 Å². The first-order valence-corrected chi connectivity index (χ1v) is 7.63. The van der Waals surface area contributed by atoms with Crippen LogP contribution in [0.1, 0.15) is 11.1 Å². The van der Waals surface area contributed by atoms with E-state index in [2.05, 4.69) is 5.32 Å². The van der Waals surface area contributed by atoms with Crippen molar-refractivity contribution in [2.75, 3.05) is 17.0 Å². The number of nitrogens with one attached hydrogen (secondary N) is 2. The molecule has 152 valence electrons. The highest BCUT2D eigenvalue weighted by Crippen LogP contribution is 2.33. The smallest absolute Gasteiger partial charge is 0.416 e. The van der Waals surface area contributed by atoms with Gasteiger partial charge in [-0.1, -0.05) is 6.07 Å². The van der Waals surface area contributed by atoms with Gasteiger partial charge < -0.3 is 10.1 Å². The maximum absolute atomic E-state index is 13.9. The first kappa shape index (κ1) is 21.3. The predicted octanol–water partition coefficient (Wildman–Crippen LogP) is 2.37. The standard InChI is InChI=1S/C16H16F5N5O2/c1-8-2-3-9(4-11(8)16(19,20)21)24-14(27)7-28-15-12(17)5-10(6-13(15)18)26(23)25-22/h2-6,25H,7,22-23H2,1H3,(H,24,27). The minimum atomic E-state index is -4.59. The number of rotatable bonds is 6. The number of ether oxygens (including phenoxy) is 1. The van der Waals surface area contributed by atoms with Crippen molar-refractivity contribution in [3.8, 4) is 5.75 Å². The topological polar surface area (TPSA) is 106 Å². The van der Waals surface area contributed by atoms with E-state index in [0.717, 1.165) is 18.2 Å². The summed E-state index contributed by atoms with van der Waals surface area (Å²) in [6.45, 7) is 0.430. The number of hydrogen-bond donors (Lipinski definition) is 4. The average Bonchev–Trinajstić information content (AvgIpc) is 2.60. The zero-order valence-corrected chi connectivity index (χ0v) is 14.4. The van der Waals surface area contributed by atoms with Gasteiger partial charge in [0.1, 0.15) is 0 Å². The molecule has 0 saturated carbocycles. The molecule has 0 saturated heterocycles. The van der Waals surface area contributed by atoms with Crippen molar-refractivity contribution in [3.05, 3.63) is 53.1 Å². The van der Waals surface area contributed by atoms with Gasteiger partial charge in [0.2, 0.25) is 0 Å². The number of amides is 1. The summed E-state index contributed by atoms with van der Waals surface area (Å²) in [5.74, 6) is 6.24. The molecule has 0 bridgehead atoms. The number of nitrogens with zero attached hydrogens (tertiary/aromatic N) is 1. The quantitative estimate of drug-likeness (QED) is 0.334. The molecule has 0 aliphatic carbocycles. The fourth-order valence-corrected chi connectivity index (χ4v) is 2.24. The molecule has 0 aliphatic heterocycles. The monoisotopic (exact) mass is 405 g/mol. The first-order chi connectivity index (χ1) is 13.0. The fourth-order valence-electron chi connectivity index (χ4n) is 2.24. The third-order valence-electron chi connectivity index (χ3n) is 3.57. The fraction of sp³-hybridized carbons (Fsp3) is 0.188. The van der Waals surface area contributed by atoms with Crippen molar-refractivity contribution in [3.63, 3.8) is 0 Å². The molecule has 0 radical (unpaired) electrons. The van der Waals surface area contributed by atoms with Gasteiger partial charge in [0, 0.05) is 17.8 Å². The van der Waals surface area contributed by atoms with Gasteiger partial charge >= 0.3 is 6.18 Å². The lowest BCUT2D eigenvalue weighted by Crippen LogP contribution is -2.48. The van der Waals surface area contributed by atoms with E-state index in [1.807, 2.05) is 5.53 Å². The molecule has 0 aliphatic rings. The zero-order chi connectivity index (χ0) is 21.1. The molecule has 0 aromatic heterocycles. The lowest BCUT2D eigenvalue weighted by Gasteiger charge is -2.17. The number of nitrogens with two attached hydrogens (primary N) is 2. The highest BCUT2D eigenvalue weighted by Gasteiger charge is 2.32. The number of benzene rings is 2. The molecule has 0 unspecified atom stereocenters. The van der Waals surface area contributed by atoms with Crippen LogP contribution in [0.25, 0.3) is 0 Å². The van der Waals surface area contributed by atoms with Crippen LogP contribution in [0.4, 0.5) is 33.3 Å². The van der Waals surface area contributed by atoms with Crippen molar-refractivity contribution in [2.45, 2.75) is 13.1 Å². The Bertz CT molecular complexity index is 852. The summed E-state index contributed by atoms with van der Waals surface area (Å²) in [5, 5.41) is 2.80. The van der Waals surface area contributed by atoms with E-state index < -0.39 is 41.6 Å². The summed E-state index contributed by atoms with van der Waals surface area (Å²) < 4.78 is 71.4. The Morgan fingerprint density at radius 3 is 2.32 bits per heavy atom. The summed E-state index contributed by atoms with van der Waals surface area (Å²) in [7, 11) is 0. The van der Waals surface area contributed by atoms with Gasteiger partial charge in [-0.05, 0) is 24.6 Å². The van der Waals surface area contributed by atoms with Crippen molar-refractivity contribution in [1.82, 2.24) is 5.53 Å².